The SMILES string of the molecule is CCN(Cc1ccc(NC)c([N+](=O)[O-])c1)c1ccccc1. The maximum atomic E-state index is 11.1. The Kier molecular flexibility index (Phi) is 4.77. The van der Waals surface area contributed by atoms with Crippen LogP contribution < -0.4 is 10.2 Å². The Bertz CT molecular complexity index is 614. The van der Waals surface area contributed by atoms with Crippen molar-refractivity contribution in [1.29, 1.82) is 0 Å². The number of hydrogen-bond donors (Lipinski definition) is 1. The van der Waals surface area contributed by atoms with E-state index in [1.54, 1.807) is 19.2 Å². The summed E-state index contributed by atoms with van der Waals surface area (Å²) < 4.78 is 0. The topological polar surface area (TPSA) is 58.4 Å². The van der Waals surface area contributed by atoms with E-state index in [0.29, 0.717) is 12.2 Å². The Morgan fingerprint density at radius 2 is 1.90 bits per heavy atom. The fourth-order valence-electron chi connectivity index (χ4n) is 2.28. The third kappa shape index (κ3) is 3.51. The number of benzene rings is 2. The van der Waals surface area contributed by atoms with Crippen molar-refractivity contribution in [3.05, 3.63) is 64.2 Å². The van der Waals surface area contributed by atoms with Crippen LogP contribution in [0.3, 0.4) is 0 Å². The molecule has 0 heterocycles. The summed E-state index contributed by atoms with van der Waals surface area (Å²) in [5, 5.41) is 14.0. The maximum Gasteiger partial charge on any atom is 0.292 e. The molecule has 2 rings (SSSR count). The van der Waals surface area contributed by atoms with Crippen LogP contribution in [0.5, 0.6) is 0 Å². The van der Waals surface area contributed by atoms with Crippen molar-refractivity contribution in [2.45, 2.75) is 13.5 Å². The number of nitro benzene ring substituents is 1. The Labute approximate surface area is 124 Å². The largest absolute Gasteiger partial charge is 0.383 e. The van der Waals surface area contributed by atoms with Gasteiger partial charge in [-0.05, 0) is 30.7 Å². The minimum atomic E-state index is -0.353. The second kappa shape index (κ2) is 6.74. The Hall–Kier alpha value is -2.56. The van der Waals surface area contributed by atoms with E-state index >= 15 is 0 Å². The van der Waals surface area contributed by atoms with Gasteiger partial charge in [-0.2, -0.15) is 0 Å². The zero-order chi connectivity index (χ0) is 15.2. The van der Waals surface area contributed by atoms with E-state index < -0.39 is 0 Å². The number of nitro groups is 1. The molecule has 0 bridgehead atoms. The number of nitrogens with one attached hydrogen (secondary N) is 1. The summed E-state index contributed by atoms with van der Waals surface area (Å²) in [6.45, 7) is 3.56. The van der Waals surface area contributed by atoms with Crippen LogP contribution >= 0.6 is 0 Å². The second-order valence-electron chi connectivity index (χ2n) is 4.71. The zero-order valence-corrected chi connectivity index (χ0v) is 12.2. The molecule has 0 aliphatic rings. The Morgan fingerprint density at radius 1 is 1.19 bits per heavy atom. The molecule has 2 aromatic carbocycles. The fourth-order valence-corrected chi connectivity index (χ4v) is 2.28. The monoisotopic (exact) mass is 285 g/mol. The summed E-state index contributed by atoms with van der Waals surface area (Å²) in [5.74, 6) is 0. The lowest BCUT2D eigenvalue weighted by Crippen LogP contribution is -2.21. The van der Waals surface area contributed by atoms with Gasteiger partial charge in [-0.1, -0.05) is 24.3 Å². The van der Waals surface area contributed by atoms with Gasteiger partial charge < -0.3 is 10.2 Å². The molecule has 0 spiro atoms. The highest BCUT2D eigenvalue weighted by atomic mass is 16.6. The van der Waals surface area contributed by atoms with Gasteiger partial charge in [0.25, 0.3) is 5.69 Å². The van der Waals surface area contributed by atoms with Crippen molar-refractivity contribution in [2.24, 2.45) is 0 Å². The Morgan fingerprint density at radius 3 is 2.48 bits per heavy atom. The molecule has 0 unspecified atom stereocenters. The molecule has 2 aromatic rings. The van der Waals surface area contributed by atoms with Crippen LogP contribution in [0.25, 0.3) is 0 Å². The van der Waals surface area contributed by atoms with Crippen LogP contribution in [0, 0.1) is 10.1 Å². The van der Waals surface area contributed by atoms with Crippen molar-refractivity contribution in [3.63, 3.8) is 0 Å². The van der Waals surface area contributed by atoms with Gasteiger partial charge in [0.1, 0.15) is 5.69 Å². The van der Waals surface area contributed by atoms with E-state index in [2.05, 4.69) is 17.1 Å². The van der Waals surface area contributed by atoms with E-state index in [-0.39, 0.29) is 10.6 Å². The molecule has 5 heteroatoms. The average Bonchev–Trinajstić information content (AvgIpc) is 2.53. The van der Waals surface area contributed by atoms with Crippen molar-refractivity contribution < 1.29 is 4.92 Å². The predicted molar refractivity (Wildman–Crippen MR) is 85.8 cm³/mol. The standard InChI is InChI=1S/C16H19N3O2/c1-3-18(14-7-5-4-6-8-14)12-13-9-10-15(17-2)16(11-13)19(20)21/h4-11,17H,3,12H2,1-2H3. The summed E-state index contributed by atoms with van der Waals surface area (Å²) in [4.78, 5) is 12.9. The summed E-state index contributed by atoms with van der Waals surface area (Å²) in [7, 11) is 1.68. The highest BCUT2D eigenvalue weighted by molar-refractivity contribution is 5.62. The molecule has 0 aliphatic heterocycles. The van der Waals surface area contributed by atoms with E-state index in [0.717, 1.165) is 17.8 Å². The van der Waals surface area contributed by atoms with Crippen molar-refractivity contribution in [3.8, 4) is 0 Å². The van der Waals surface area contributed by atoms with Gasteiger partial charge in [0.05, 0.1) is 4.92 Å². The highest BCUT2D eigenvalue weighted by Gasteiger charge is 2.14. The third-order valence-electron chi connectivity index (χ3n) is 3.40. The van der Waals surface area contributed by atoms with Crippen LogP contribution in [-0.2, 0) is 6.54 Å². The van der Waals surface area contributed by atoms with Crippen molar-refractivity contribution in [1.82, 2.24) is 0 Å². The molecule has 0 radical (unpaired) electrons. The third-order valence-corrected chi connectivity index (χ3v) is 3.40. The maximum absolute atomic E-state index is 11.1. The Balaban J connectivity index is 2.26. The quantitative estimate of drug-likeness (QED) is 0.650. The first-order chi connectivity index (χ1) is 10.2. The van der Waals surface area contributed by atoms with Gasteiger partial charge in [0, 0.05) is 31.9 Å². The van der Waals surface area contributed by atoms with Gasteiger partial charge in [-0.25, -0.2) is 0 Å². The molecule has 0 fully saturated rings. The van der Waals surface area contributed by atoms with Gasteiger partial charge in [-0.3, -0.25) is 10.1 Å². The van der Waals surface area contributed by atoms with Gasteiger partial charge >= 0.3 is 0 Å². The van der Waals surface area contributed by atoms with E-state index in [4.69, 9.17) is 0 Å². The number of nitrogens with zero attached hydrogens (tertiary/aromatic N) is 2. The first-order valence-corrected chi connectivity index (χ1v) is 6.90. The minimum absolute atomic E-state index is 0.110. The highest BCUT2D eigenvalue weighted by Crippen LogP contribution is 2.26. The minimum Gasteiger partial charge on any atom is -0.383 e. The van der Waals surface area contributed by atoms with E-state index in [1.165, 1.54) is 0 Å². The van der Waals surface area contributed by atoms with Crippen molar-refractivity contribution >= 4 is 17.1 Å². The first kappa shape index (κ1) is 14.8. The lowest BCUT2D eigenvalue weighted by atomic mass is 10.1. The predicted octanol–water partition coefficient (Wildman–Crippen LogP) is 3.66. The number of anilines is 2. The molecule has 5 nitrogen and oxygen atoms in total. The van der Waals surface area contributed by atoms with Crippen LogP contribution in [0.15, 0.2) is 48.5 Å². The first-order valence-electron chi connectivity index (χ1n) is 6.90. The van der Waals surface area contributed by atoms with Gasteiger partial charge in [-0.15, -0.1) is 0 Å². The van der Waals surface area contributed by atoms with E-state index in [1.807, 2.05) is 36.4 Å². The summed E-state index contributed by atoms with van der Waals surface area (Å²) >= 11 is 0. The molecule has 0 aromatic heterocycles. The van der Waals surface area contributed by atoms with E-state index in [9.17, 15) is 10.1 Å². The molecule has 0 amide bonds. The zero-order valence-electron chi connectivity index (χ0n) is 12.2. The van der Waals surface area contributed by atoms with Crippen molar-refractivity contribution in [2.75, 3.05) is 23.8 Å². The molecule has 0 saturated carbocycles. The summed E-state index contributed by atoms with van der Waals surface area (Å²) in [6.07, 6.45) is 0. The van der Waals surface area contributed by atoms with Crippen LogP contribution in [0.4, 0.5) is 17.1 Å². The number of hydrogen-bond acceptors (Lipinski definition) is 4. The molecule has 21 heavy (non-hydrogen) atoms. The molecular formula is C16H19N3O2. The number of para-hydroxylation sites is 1. The molecule has 0 atom stereocenters. The number of rotatable bonds is 6. The van der Waals surface area contributed by atoms with Gasteiger partial charge in [0.15, 0.2) is 0 Å². The molecule has 0 saturated heterocycles. The lowest BCUT2D eigenvalue weighted by Gasteiger charge is -2.23. The van der Waals surface area contributed by atoms with Crippen LogP contribution in [-0.4, -0.2) is 18.5 Å². The average molecular weight is 285 g/mol. The molecular weight excluding hydrogens is 266 g/mol. The van der Waals surface area contributed by atoms with Gasteiger partial charge in [0.2, 0.25) is 0 Å². The molecule has 0 aliphatic carbocycles. The van der Waals surface area contributed by atoms with Crippen LogP contribution in [0.2, 0.25) is 0 Å². The summed E-state index contributed by atoms with van der Waals surface area (Å²) in [5.41, 5.74) is 2.68. The summed E-state index contributed by atoms with van der Waals surface area (Å²) in [6, 6.07) is 15.4. The second-order valence-corrected chi connectivity index (χ2v) is 4.71. The normalized spacial score (nSPS) is 10.2. The molecule has 1 N–H and O–H groups in total. The van der Waals surface area contributed by atoms with Crippen LogP contribution in [0.1, 0.15) is 12.5 Å². The fraction of sp³-hybridized carbons (Fsp3) is 0.250. The molecule has 110 valence electrons. The smallest absolute Gasteiger partial charge is 0.292 e. The lowest BCUT2D eigenvalue weighted by molar-refractivity contribution is -0.384.